The van der Waals surface area contributed by atoms with Crippen LogP contribution in [0.3, 0.4) is 0 Å². The largest absolute Gasteiger partial charge is 0.354 e. The molecule has 1 spiro atoms. The fourth-order valence-electron chi connectivity index (χ4n) is 12.8. The molecule has 268 valence electrons. The maximum absolute atomic E-state index is 3.72. The van der Waals surface area contributed by atoms with E-state index in [-0.39, 0.29) is 5.41 Å². The second-order valence-electron chi connectivity index (χ2n) is 17.4. The van der Waals surface area contributed by atoms with Gasteiger partial charge >= 0.3 is 0 Å². The van der Waals surface area contributed by atoms with Crippen LogP contribution in [-0.4, -0.2) is 4.98 Å². The van der Waals surface area contributed by atoms with Crippen LogP contribution < -0.4 is 4.90 Å². The predicted molar refractivity (Wildman–Crippen MR) is 234 cm³/mol. The molecule has 4 fully saturated rings. The Bertz CT molecular complexity index is 3030. The molecule has 0 amide bonds. The first kappa shape index (κ1) is 31.1. The van der Waals surface area contributed by atoms with E-state index in [1.165, 1.54) is 97.9 Å². The lowest BCUT2D eigenvalue weighted by Crippen LogP contribution is -2.55. The molecule has 1 aromatic heterocycles. The third kappa shape index (κ3) is 4.22. The molecule has 56 heavy (non-hydrogen) atoms. The molecule has 0 saturated heterocycles. The fourth-order valence-corrected chi connectivity index (χ4v) is 12.8. The van der Waals surface area contributed by atoms with Crippen LogP contribution in [0.15, 0.2) is 164 Å². The molecule has 0 aliphatic heterocycles. The molecule has 4 bridgehead atoms. The summed E-state index contributed by atoms with van der Waals surface area (Å²) >= 11 is 0. The lowest BCUT2D eigenvalue weighted by atomic mass is 9.43. The Morgan fingerprint density at radius 1 is 0.429 bits per heavy atom. The molecular weight excluding hydrogens is 677 g/mol. The van der Waals surface area contributed by atoms with E-state index < -0.39 is 0 Å². The van der Waals surface area contributed by atoms with Crippen LogP contribution in [0.4, 0.5) is 17.1 Å². The van der Waals surface area contributed by atoms with Crippen molar-refractivity contribution in [2.75, 3.05) is 4.90 Å². The number of rotatable bonds is 4. The van der Waals surface area contributed by atoms with E-state index in [1.54, 1.807) is 11.1 Å². The lowest BCUT2D eigenvalue weighted by Gasteiger charge is -2.61. The molecule has 5 aliphatic rings. The van der Waals surface area contributed by atoms with Crippen molar-refractivity contribution in [1.82, 2.24) is 4.98 Å². The summed E-state index contributed by atoms with van der Waals surface area (Å²) in [6.45, 7) is 0. The third-order valence-corrected chi connectivity index (χ3v) is 14.7. The molecule has 2 heteroatoms. The summed E-state index contributed by atoms with van der Waals surface area (Å²) in [5.74, 6) is 3.40. The van der Waals surface area contributed by atoms with Gasteiger partial charge in [0.25, 0.3) is 0 Å². The molecule has 2 nitrogen and oxygen atoms in total. The van der Waals surface area contributed by atoms with E-state index in [2.05, 4.69) is 174 Å². The molecule has 0 unspecified atom stereocenters. The van der Waals surface area contributed by atoms with Crippen molar-refractivity contribution in [3.05, 3.63) is 175 Å². The number of fused-ring (bicyclic) bond motifs is 9. The minimum absolute atomic E-state index is 0.171. The maximum Gasteiger partial charge on any atom is 0.0546 e. The molecule has 0 atom stereocenters. The van der Waals surface area contributed by atoms with Gasteiger partial charge in [0.2, 0.25) is 0 Å². The van der Waals surface area contributed by atoms with Gasteiger partial charge < -0.3 is 9.88 Å². The van der Waals surface area contributed by atoms with Crippen LogP contribution in [0.2, 0.25) is 0 Å². The van der Waals surface area contributed by atoms with E-state index in [4.69, 9.17) is 0 Å². The number of para-hydroxylation sites is 1. The number of anilines is 3. The van der Waals surface area contributed by atoms with Crippen molar-refractivity contribution in [1.29, 1.82) is 0 Å². The van der Waals surface area contributed by atoms with Gasteiger partial charge in [0, 0.05) is 44.0 Å². The summed E-state index contributed by atoms with van der Waals surface area (Å²) in [6, 6.07) is 61.9. The summed E-state index contributed by atoms with van der Waals surface area (Å²) in [5.41, 5.74) is 14.8. The van der Waals surface area contributed by atoms with Crippen LogP contribution in [0, 0.1) is 23.7 Å². The van der Waals surface area contributed by atoms with E-state index in [1.807, 2.05) is 0 Å². The van der Waals surface area contributed by atoms with Gasteiger partial charge in [-0.15, -0.1) is 0 Å². The maximum atomic E-state index is 3.72. The molecule has 14 rings (SSSR count). The molecular formula is C54H42N2. The van der Waals surface area contributed by atoms with E-state index in [0.29, 0.717) is 0 Å². The highest BCUT2D eigenvalue weighted by molar-refractivity contribution is 6.15. The number of nitrogens with one attached hydrogen (secondary N) is 1. The van der Waals surface area contributed by atoms with Crippen molar-refractivity contribution in [3.8, 4) is 22.3 Å². The zero-order valence-corrected chi connectivity index (χ0v) is 31.4. The van der Waals surface area contributed by atoms with E-state index in [0.717, 1.165) is 40.6 Å². The van der Waals surface area contributed by atoms with Crippen LogP contribution in [0.5, 0.6) is 0 Å². The SMILES string of the molecule is c1ccc2c(c1)-c1ccc(-c3ccc(N(c4ccc5c(c4)[nH]c4ccccc45)c4cc5ccccc5c5ccccc45)cc3)cc1C21C2CC3CC(C2)CC1C3. The molecule has 9 aromatic rings. The van der Waals surface area contributed by atoms with Crippen molar-refractivity contribution in [2.24, 2.45) is 23.7 Å². The number of H-pyrrole nitrogens is 1. The minimum Gasteiger partial charge on any atom is -0.354 e. The fraction of sp³-hybridized carbons (Fsp3) is 0.185. The van der Waals surface area contributed by atoms with Crippen molar-refractivity contribution < 1.29 is 0 Å². The summed E-state index contributed by atoms with van der Waals surface area (Å²) in [5, 5.41) is 7.54. The Labute approximate surface area is 327 Å². The van der Waals surface area contributed by atoms with Crippen molar-refractivity contribution >= 4 is 60.4 Å². The molecule has 0 radical (unpaired) electrons. The standard InChI is InChI=1S/C54H42N2/c1-2-10-42-37(9-1)31-53(48-14-4-3-11-43(42)48)56(41-22-24-47-46-13-6-8-16-51(46)55-52(47)32-41)40-20-17-35(18-21-40)36-19-23-45-44-12-5-7-15-49(44)54(50(45)30-36)38-26-33-25-34(28-38)29-39(54)27-33/h1-24,30-34,38-39,55H,25-29H2. The summed E-state index contributed by atoms with van der Waals surface area (Å²) in [6.07, 6.45) is 7.10. The summed E-state index contributed by atoms with van der Waals surface area (Å²) in [4.78, 5) is 6.18. The predicted octanol–water partition coefficient (Wildman–Crippen LogP) is 14.5. The molecule has 5 aliphatic carbocycles. The molecule has 1 heterocycles. The number of aromatic nitrogens is 1. The molecule has 1 N–H and O–H groups in total. The van der Waals surface area contributed by atoms with Crippen LogP contribution in [-0.2, 0) is 5.41 Å². The number of aromatic amines is 1. The van der Waals surface area contributed by atoms with Gasteiger partial charge in [-0.3, -0.25) is 0 Å². The molecule has 4 saturated carbocycles. The highest BCUT2D eigenvalue weighted by Gasteiger charge is 2.61. The van der Waals surface area contributed by atoms with Gasteiger partial charge in [-0.05, 0) is 148 Å². The van der Waals surface area contributed by atoms with Crippen LogP contribution in [0.1, 0.15) is 43.2 Å². The van der Waals surface area contributed by atoms with Gasteiger partial charge in [0.05, 0.1) is 5.69 Å². The van der Waals surface area contributed by atoms with Gasteiger partial charge in [-0.25, -0.2) is 0 Å². The first-order valence-electron chi connectivity index (χ1n) is 20.8. The number of hydrogen-bond donors (Lipinski definition) is 1. The second-order valence-corrected chi connectivity index (χ2v) is 17.4. The Kier molecular flexibility index (Phi) is 6.37. The number of nitrogens with zero attached hydrogens (tertiary/aromatic N) is 1. The van der Waals surface area contributed by atoms with Gasteiger partial charge in [-0.1, -0.05) is 121 Å². The topological polar surface area (TPSA) is 19.0 Å². The zero-order chi connectivity index (χ0) is 36.5. The normalized spacial score (nSPS) is 23.1. The van der Waals surface area contributed by atoms with Crippen molar-refractivity contribution in [3.63, 3.8) is 0 Å². The van der Waals surface area contributed by atoms with Gasteiger partial charge in [0.15, 0.2) is 0 Å². The smallest absolute Gasteiger partial charge is 0.0546 e. The minimum atomic E-state index is 0.171. The van der Waals surface area contributed by atoms with Crippen molar-refractivity contribution in [2.45, 2.75) is 37.5 Å². The number of hydrogen-bond acceptors (Lipinski definition) is 1. The lowest BCUT2D eigenvalue weighted by molar-refractivity contribution is -0.0399. The van der Waals surface area contributed by atoms with E-state index >= 15 is 0 Å². The first-order valence-corrected chi connectivity index (χ1v) is 20.8. The first-order chi connectivity index (χ1) is 27.7. The average molecular weight is 719 g/mol. The highest BCUT2D eigenvalue weighted by atomic mass is 15.1. The third-order valence-electron chi connectivity index (χ3n) is 14.7. The zero-order valence-electron chi connectivity index (χ0n) is 31.4. The highest BCUT2D eigenvalue weighted by Crippen LogP contribution is 2.69. The average Bonchev–Trinajstić information content (AvgIpc) is 3.76. The summed E-state index contributed by atoms with van der Waals surface area (Å²) in [7, 11) is 0. The van der Waals surface area contributed by atoms with Crippen LogP contribution in [0.25, 0.3) is 65.6 Å². The quantitative estimate of drug-likeness (QED) is 0.180. The van der Waals surface area contributed by atoms with Crippen LogP contribution >= 0.6 is 0 Å². The molecule has 8 aromatic carbocycles. The van der Waals surface area contributed by atoms with Gasteiger partial charge in [-0.2, -0.15) is 0 Å². The second kappa shape index (κ2) is 11.5. The monoisotopic (exact) mass is 718 g/mol. The van der Waals surface area contributed by atoms with E-state index in [9.17, 15) is 0 Å². The Balaban J connectivity index is 0.967. The van der Waals surface area contributed by atoms with Gasteiger partial charge in [0.1, 0.15) is 0 Å². The summed E-state index contributed by atoms with van der Waals surface area (Å²) < 4.78 is 0. The Morgan fingerprint density at radius 3 is 1.88 bits per heavy atom. The Morgan fingerprint density at radius 2 is 1.05 bits per heavy atom. The number of benzene rings is 8. The Hall–Kier alpha value is -6.12.